The van der Waals surface area contributed by atoms with E-state index >= 15 is 0 Å². The maximum atomic E-state index is 9.00. The van der Waals surface area contributed by atoms with Crippen molar-refractivity contribution in [1.82, 2.24) is 0 Å². The summed E-state index contributed by atoms with van der Waals surface area (Å²) in [4.78, 5) is 0. The molecule has 2 N–H and O–H groups in total. The summed E-state index contributed by atoms with van der Waals surface area (Å²) in [5, 5.41) is 12.1. The standard InChI is InChI=1S/C9H12INO/c1-7(12)6-11-9-4-2-8(10)3-5-9/h2-5,7,11-12H,6H2,1H3/t7-/m0/s1. The molecule has 0 saturated carbocycles. The number of hydrogen-bond acceptors (Lipinski definition) is 2. The third-order valence-electron chi connectivity index (χ3n) is 1.45. The van der Waals surface area contributed by atoms with Gasteiger partial charge in [0.15, 0.2) is 0 Å². The van der Waals surface area contributed by atoms with E-state index in [9.17, 15) is 0 Å². The van der Waals surface area contributed by atoms with Gasteiger partial charge < -0.3 is 10.4 Å². The molecule has 1 aromatic carbocycles. The SMILES string of the molecule is C[C@H](O)CNc1ccc(I)cc1. The number of halogens is 1. The van der Waals surface area contributed by atoms with Gasteiger partial charge in [-0.25, -0.2) is 0 Å². The lowest BCUT2D eigenvalue weighted by Gasteiger charge is -2.07. The summed E-state index contributed by atoms with van der Waals surface area (Å²) in [6, 6.07) is 8.07. The molecule has 2 nitrogen and oxygen atoms in total. The quantitative estimate of drug-likeness (QED) is 0.829. The zero-order valence-corrected chi connectivity index (χ0v) is 9.08. The molecule has 0 aromatic heterocycles. The monoisotopic (exact) mass is 277 g/mol. The van der Waals surface area contributed by atoms with Crippen LogP contribution in [-0.4, -0.2) is 17.8 Å². The van der Waals surface area contributed by atoms with E-state index in [0.29, 0.717) is 6.54 Å². The third kappa shape index (κ3) is 3.40. The zero-order chi connectivity index (χ0) is 8.97. The minimum absolute atomic E-state index is 0.302. The van der Waals surface area contributed by atoms with Crippen molar-refractivity contribution in [3.05, 3.63) is 27.8 Å². The van der Waals surface area contributed by atoms with Crippen LogP contribution in [0.15, 0.2) is 24.3 Å². The van der Waals surface area contributed by atoms with Crippen LogP contribution in [0.5, 0.6) is 0 Å². The van der Waals surface area contributed by atoms with Gasteiger partial charge in [-0.2, -0.15) is 0 Å². The van der Waals surface area contributed by atoms with Crippen molar-refractivity contribution in [2.75, 3.05) is 11.9 Å². The molecule has 0 radical (unpaired) electrons. The molecule has 0 unspecified atom stereocenters. The van der Waals surface area contributed by atoms with Gasteiger partial charge in [0.05, 0.1) is 6.10 Å². The molecule has 0 spiro atoms. The molecule has 66 valence electrons. The van der Waals surface area contributed by atoms with Crippen LogP contribution < -0.4 is 5.32 Å². The summed E-state index contributed by atoms with van der Waals surface area (Å²) < 4.78 is 1.22. The van der Waals surface area contributed by atoms with Crippen LogP contribution in [0.1, 0.15) is 6.92 Å². The molecule has 0 fully saturated rings. The largest absolute Gasteiger partial charge is 0.392 e. The van der Waals surface area contributed by atoms with Crippen LogP contribution in [0.4, 0.5) is 5.69 Å². The van der Waals surface area contributed by atoms with Crippen molar-refractivity contribution < 1.29 is 5.11 Å². The molecular formula is C9H12INO. The van der Waals surface area contributed by atoms with E-state index < -0.39 is 0 Å². The van der Waals surface area contributed by atoms with Crippen molar-refractivity contribution in [1.29, 1.82) is 0 Å². The normalized spacial score (nSPS) is 12.6. The van der Waals surface area contributed by atoms with Gasteiger partial charge in [-0.3, -0.25) is 0 Å². The highest BCUT2D eigenvalue weighted by Gasteiger charge is 1.94. The summed E-state index contributed by atoms with van der Waals surface area (Å²) in [7, 11) is 0. The Labute approximate surface area is 86.1 Å². The molecule has 0 bridgehead atoms. The van der Waals surface area contributed by atoms with Gasteiger partial charge in [0.1, 0.15) is 0 Å². The molecule has 0 aliphatic carbocycles. The van der Waals surface area contributed by atoms with Gasteiger partial charge in [-0.1, -0.05) is 0 Å². The van der Waals surface area contributed by atoms with Gasteiger partial charge in [0, 0.05) is 15.8 Å². The summed E-state index contributed by atoms with van der Waals surface area (Å²) in [5.74, 6) is 0. The second-order valence-electron chi connectivity index (χ2n) is 2.74. The van der Waals surface area contributed by atoms with Crippen LogP contribution in [-0.2, 0) is 0 Å². The molecule has 3 heteroatoms. The van der Waals surface area contributed by atoms with Crippen molar-refractivity contribution in [2.24, 2.45) is 0 Å². The Kier molecular flexibility index (Phi) is 3.81. The van der Waals surface area contributed by atoms with Crippen molar-refractivity contribution in [3.63, 3.8) is 0 Å². The highest BCUT2D eigenvalue weighted by molar-refractivity contribution is 14.1. The van der Waals surface area contributed by atoms with Gasteiger partial charge in [0.2, 0.25) is 0 Å². The third-order valence-corrected chi connectivity index (χ3v) is 2.16. The number of aliphatic hydroxyl groups is 1. The first-order chi connectivity index (χ1) is 5.68. The van der Waals surface area contributed by atoms with E-state index in [1.165, 1.54) is 3.57 Å². The lowest BCUT2D eigenvalue weighted by molar-refractivity contribution is 0.208. The fourth-order valence-electron chi connectivity index (χ4n) is 0.833. The van der Waals surface area contributed by atoms with Crippen molar-refractivity contribution in [2.45, 2.75) is 13.0 Å². The smallest absolute Gasteiger partial charge is 0.0684 e. The summed E-state index contributed by atoms with van der Waals surface area (Å²) >= 11 is 2.26. The predicted molar refractivity (Wildman–Crippen MR) is 59.3 cm³/mol. The Morgan fingerprint density at radius 3 is 2.50 bits per heavy atom. The molecule has 12 heavy (non-hydrogen) atoms. The highest BCUT2D eigenvalue weighted by atomic mass is 127. The second-order valence-corrected chi connectivity index (χ2v) is 3.98. The Hall–Kier alpha value is -0.290. The topological polar surface area (TPSA) is 32.3 Å². The highest BCUT2D eigenvalue weighted by Crippen LogP contribution is 2.10. The second kappa shape index (κ2) is 4.67. The number of anilines is 1. The van der Waals surface area contributed by atoms with E-state index in [1.807, 2.05) is 24.3 Å². The van der Waals surface area contributed by atoms with Crippen LogP contribution in [0, 0.1) is 3.57 Å². The Bertz CT molecular complexity index is 233. The van der Waals surface area contributed by atoms with Gasteiger partial charge in [-0.05, 0) is 53.8 Å². The minimum atomic E-state index is -0.302. The van der Waals surface area contributed by atoms with E-state index in [1.54, 1.807) is 6.92 Å². The molecule has 1 rings (SSSR count). The molecule has 0 saturated heterocycles. The predicted octanol–water partition coefficient (Wildman–Crippen LogP) is 2.08. The van der Waals surface area contributed by atoms with Gasteiger partial charge >= 0.3 is 0 Å². The Balaban J connectivity index is 2.48. The van der Waals surface area contributed by atoms with Crippen LogP contribution in [0.25, 0.3) is 0 Å². The molecule has 0 amide bonds. The van der Waals surface area contributed by atoms with Crippen molar-refractivity contribution >= 4 is 28.3 Å². The number of nitrogens with one attached hydrogen (secondary N) is 1. The minimum Gasteiger partial charge on any atom is -0.392 e. The number of benzene rings is 1. The maximum absolute atomic E-state index is 9.00. The van der Waals surface area contributed by atoms with E-state index in [0.717, 1.165) is 5.69 Å². The molecular weight excluding hydrogens is 265 g/mol. The van der Waals surface area contributed by atoms with E-state index in [2.05, 4.69) is 27.9 Å². The Morgan fingerprint density at radius 2 is 2.00 bits per heavy atom. The molecule has 0 aliphatic heterocycles. The first-order valence-corrected chi connectivity index (χ1v) is 4.94. The average molecular weight is 277 g/mol. The number of hydrogen-bond donors (Lipinski definition) is 2. The molecule has 0 heterocycles. The van der Waals surface area contributed by atoms with Crippen LogP contribution >= 0.6 is 22.6 Å². The Morgan fingerprint density at radius 1 is 1.42 bits per heavy atom. The lowest BCUT2D eigenvalue weighted by Crippen LogP contribution is -2.15. The maximum Gasteiger partial charge on any atom is 0.0684 e. The molecule has 1 atom stereocenters. The van der Waals surface area contributed by atoms with E-state index in [4.69, 9.17) is 5.11 Å². The van der Waals surface area contributed by atoms with Crippen LogP contribution in [0.2, 0.25) is 0 Å². The fourth-order valence-corrected chi connectivity index (χ4v) is 1.19. The zero-order valence-electron chi connectivity index (χ0n) is 6.92. The van der Waals surface area contributed by atoms with Crippen molar-refractivity contribution in [3.8, 4) is 0 Å². The van der Waals surface area contributed by atoms with Crippen LogP contribution in [0.3, 0.4) is 0 Å². The molecule has 1 aromatic rings. The summed E-state index contributed by atoms with van der Waals surface area (Å²) in [6.45, 7) is 2.36. The fraction of sp³-hybridized carbons (Fsp3) is 0.333. The lowest BCUT2D eigenvalue weighted by atomic mass is 10.3. The average Bonchev–Trinajstić information content (AvgIpc) is 2.03. The van der Waals surface area contributed by atoms with Gasteiger partial charge in [-0.15, -0.1) is 0 Å². The van der Waals surface area contributed by atoms with Gasteiger partial charge in [0.25, 0.3) is 0 Å². The number of rotatable bonds is 3. The first-order valence-electron chi connectivity index (χ1n) is 3.86. The first kappa shape index (κ1) is 9.80. The van der Waals surface area contributed by atoms with E-state index in [-0.39, 0.29) is 6.10 Å². The summed E-state index contributed by atoms with van der Waals surface area (Å²) in [6.07, 6.45) is -0.302. The summed E-state index contributed by atoms with van der Waals surface area (Å²) in [5.41, 5.74) is 1.05. The number of aliphatic hydroxyl groups excluding tert-OH is 1. The molecule has 0 aliphatic rings.